The van der Waals surface area contributed by atoms with Gasteiger partial charge in [-0.15, -0.1) is 10.2 Å². The number of aryl methyl sites for hydroxylation is 1. The Morgan fingerprint density at radius 1 is 0.944 bits per heavy atom. The molecule has 8 heteroatoms. The Kier molecular flexibility index (Phi) is 8.41. The summed E-state index contributed by atoms with van der Waals surface area (Å²) in [4.78, 5) is 12.6. The SMILES string of the molecule is CCc1nnc(NC(=O)C(C#N)=Cc2ccc(OCc3ccccc3)c(OCc3ccccc3)c2)s1. The van der Waals surface area contributed by atoms with E-state index in [0.717, 1.165) is 22.6 Å². The number of hydrogen-bond donors (Lipinski definition) is 1. The van der Waals surface area contributed by atoms with Crippen molar-refractivity contribution in [2.24, 2.45) is 0 Å². The molecular weight excluding hydrogens is 472 g/mol. The van der Waals surface area contributed by atoms with Gasteiger partial charge >= 0.3 is 0 Å². The average Bonchev–Trinajstić information content (AvgIpc) is 3.38. The Labute approximate surface area is 213 Å². The van der Waals surface area contributed by atoms with Crippen LogP contribution in [0.1, 0.15) is 28.6 Å². The van der Waals surface area contributed by atoms with Crippen molar-refractivity contribution < 1.29 is 14.3 Å². The zero-order valence-electron chi connectivity index (χ0n) is 19.7. The zero-order chi connectivity index (χ0) is 25.2. The second kappa shape index (κ2) is 12.3. The number of carbonyl (C=O) groups excluding carboxylic acids is 1. The van der Waals surface area contributed by atoms with Crippen molar-refractivity contribution in [1.29, 1.82) is 5.26 Å². The summed E-state index contributed by atoms with van der Waals surface area (Å²) < 4.78 is 12.1. The fourth-order valence-electron chi connectivity index (χ4n) is 3.24. The maximum Gasteiger partial charge on any atom is 0.268 e. The minimum absolute atomic E-state index is 0.0600. The molecule has 180 valence electrons. The zero-order valence-corrected chi connectivity index (χ0v) is 20.5. The Hall–Kier alpha value is -4.48. The summed E-state index contributed by atoms with van der Waals surface area (Å²) in [5.41, 5.74) is 2.61. The highest BCUT2D eigenvalue weighted by Gasteiger charge is 2.14. The van der Waals surface area contributed by atoms with Crippen molar-refractivity contribution >= 4 is 28.5 Å². The van der Waals surface area contributed by atoms with E-state index >= 15 is 0 Å². The van der Waals surface area contributed by atoms with E-state index in [2.05, 4.69) is 15.5 Å². The van der Waals surface area contributed by atoms with Crippen molar-refractivity contribution in [1.82, 2.24) is 10.2 Å². The first kappa shape index (κ1) is 24.6. The van der Waals surface area contributed by atoms with E-state index in [9.17, 15) is 10.1 Å². The lowest BCUT2D eigenvalue weighted by molar-refractivity contribution is -0.112. The predicted molar refractivity (Wildman–Crippen MR) is 139 cm³/mol. The molecule has 0 spiro atoms. The summed E-state index contributed by atoms with van der Waals surface area (Å²) in [6.07, 6.45) is 2.23. The van der Waals surface area contributed by atoms with Gasteiger partial charge in [0.05, 0.1) is 0 Å². The van der Waals surface area contributed by atoms with E-state index in [4.69, 9.17) is 9.47 Å². The molecule has 7 nitrogen and oxygen atoms in total. The molecule has 0 aliphatic carbocycles. The predicted octanol–water partition coefficient (Wildman–Crippen LogP) is 5.80. The van der Waals surface area contributed by atoms with E-state index in [-0.39, 0.29) is 5.57 Å². The van der Waals surface area contributed by atoms with Crippen molar-refractivity contribution in [3.05, 3.63) is 106 Å². The van der Waals surface area contributed by atoms with Gasteiger partial charge in [-0.3, -0.25) is 10.1 Å². The van der Waals surface area contributed by atoms with Crippen LogP contribution in [0.2, 0.25) is 0 Å². The summed E-state index contributed by atoms with van der Waals surface area (Å²) in [5, 5.41) is 21.3. The number of rotatable bonds is 10. The van der Waals surface area contributed by atoms with Crippen LogP contribution in [-0.2, 0) is 24.4 Å². The molecule has 1 amide bonds. The number of nitrogens with one attached hydrogen (secondary N) is 1. The van der Waals surface area contributed by atoms with Gasteiger partial charge in [-0.25, -0.2) is 0 Å². The van der Waals surface area contributed by atoms with E-state index in [1.807, 2.05) is 73.7 Å². The summed E-state index contributed by atoms with van der Waals surface area (Å²) >= 11 is 1.28. The fraction of sp³-hybridized carbons (Fsp3) is 0.143. The number of hydrogen-bond acceptors (Lipinski definition) is 7. The van der Waals surface area contributed by atoms with Gasteiger partial charge in [0, 0.05) is 0 Å². The largest absolute Gasteiger partial charge is 0.485 e. The quantitative estimate of drug-likeness (QED) is 0.220. The maximum absolute atomic E-state index is 12.6. The topological polar surface area (TPSA) is 97.1 Å². The number of aromatic nitrogens is 2. The normalized spacial score (nSPS) is 10.9. The van der Waals surface area contributed by atoms with Crippen molar-refractivity contribution in [3.63, 3.8) is 0 Å². The monoisotopic (exact) mass is 496 g/mol. The molecule has 4 rings (SSSR count). The van der Waals surface area contributed by atoms with Gasteiger partial charge in [-0.05, 0) is 41.3 Å². The van der Waals surface area contributed by atoms with Crippen molar-refractivity contribution in [3.8, 4) is 17.6 Å². The number of anilines is 1. The van der Waals surface area contributed by atoms with E-state index in [1.165, 1.54) is 17.4 Å². The van der Waals surface area contributed by atoms with Crippen LogP contribution in [0.5, 0.6) is 11.5 Å². The lowest BCUT2D eigenvalue weighted by atomic mass is 10.1. The molecule has 1 aromatic heterocycles. The van der Waals surface area contributed by atoms with Gasteiger partial charge in [0.2, 0.25) is 5.13 Å². The highest BCUT2D eigenvalue weighted by atomic mass is 32.1. The Morgan fingerprint density at radius 2 is 1.58 bits per heavy atom. The molecule has 1 heterocycles. The molecule has 0 fully saturated rings. The molecule has 0 bridgehead atoms. The lowest BCUT2D eigenvalue weighted by Gasteiger charge is -2.14. The molecule has 4 aromatic rings. The smallest absolute Gasteiger partial charge is 0.268 e. The molecule has 3 aromatic carbocycles. The summed E-state index contributed by atoms with van der Waals surface area (Å²) in [6, 6.07) is 26.9. The molecule has 0 unspecified atom stereocenters. The number of nitriles is 1. The molecule has 0 saturated heterocycles. The summed E-state index contributed by atoms with van der Waals surface area (Å²) in [7, 11) is 0. The van der Waals surface area contributed by atoms with Gasteiger partial charge in [0.25, 0.3) is 5.91 Å². The Balaban J connectivity index is 1.55. The third-order valence-electron chi connectivity index (χ3n) is 5.11. The van der Waals surface area contributed by atoms with Crippen molar-refractivity contribution in [2.45, 2.75) is 26.6 Å². The van der Waals surface area contributed by atoms with Crippen LogP contribution in [0, 0.1) is 11.3 Å². The second-order valence-electron chi connectivity index (χ2n) is 7.73. The molecule has 0 aliphatic heterocycles. The number of carbonyl (C=O) groups is 1. The number of benzene rings is 3. The van der Waals surface area contributed by atoms with Gasteiger partial charge in [0.15, 0.2) is 11.5 Å². The van der Waals surface area contributed by atoms with Crippen LogP contribution < -0.4 is 14.8 Å². The molecule has 0 saturated carbocycles. The van der Waals surface area contributed by atoms with Crippen LogP contribution in [0.3, 0.4) is 0 Å². The fourth-order valence-corrected chi connectivity index (χ4v) is 3.92. The van der Waals surface area contributed by atoms with Crippen LogP contribution in [-0.4, -0.2) is 16.1 Å². The van der Waals surface area contributed by atoms with Crippen LogP contribution in [0.4, 0.5) is 5.13 Å². The van der Waals surface area contributed by atoms with Crippen LogP contribution in [0.25, 0.3) is 6.08 Å². The Morgan fingerprint density at radius 3 is 2.17 bits per heavy atom. The standard InChI is InChI=1S/C28H24N4O3S/c1-2-26-31-32-28(36-26)30-27(33)23(17-29)15-22-13-14-24(34-18-20-9-5-3-6-10-20)25(16-22)35-19-21-11-7-4-8-12-21/h3-16H,2,18-19H2,1H3,(H,30,32,33). The third kappa shape index (κ3) is 6.78. The highest BCUT2D eigenvalue weighted by Crippen LogP contribution is 2.31. The van der Waals surface area contributed by atoms with Crippen molar-refractivity contribution in [2.75, 3.05) is 5.32 Å². The van der Waals surface area contributed by atoms with E-state index < -0.39 is 5.91 Å². The molecule has 0 aliphatic rings. The average molecular weight is 497 g/mol. The van der Waals surface area contributed by atoms with Crippen LogP contribution >= 0.6 is 11.3 Å². The van der Waals surface area contributed by atoms with Gasteiger partial charge in [-0.2, -0.15) is 5.26 Å². The maximum atomic E-state index is 12.6. The number of nitrogens with zero attached hydrogens (tertiary/aromatic N) is 3. The van der Waals surface area contributed by atoms with Gasteiger partial charge in [-0.1, -0.05) is 85.0 Å². The van der Waals surface area contributed by atoms with E-state index in [0.29, 0.717) is 35.4 Å². The first-order valence-corrected chi connectivity index (χ1v) is 12.2. The minimum atomic E-state index is -0.549. The first-order chi connectivity index (χ1) is 17.6. The molecule has 36 heavy (non-hydrogen) atoms. The minimum Gasteiger partial charge on any atom is -0.485 e. The van der Waals surface area contributed by atoms with Gasteiger partial charge in [0.1, 0.15) is 29.9 Å². The highest BCUT2D eigenvalue weighted by molar-refractivity contribution is 7.15. The van der Waals surface area contributed by atoms with Gasteiger partial charge < -0.3 is 9.47 Å². The number of ether oxygens (including phenoxy) is 2. The molecule has 0 radical (unpaired) electrons. The third-order valence-corrected chi connectivity index (χ3v) is 6.09. The molecular formula is C28H24N4O3S. The number of amides is 1. The van der Waals surface area contributed by atoms with E-state index in [1.54, 1.807) is 18.2 Å². The van der Waals surface area contributed by atoms with Crippen LogP contribution in [0.15, 0.2) is 84.4 Å². The molecule has 0 atom stereocenters. The molecule has 1 N–H and O–H groups in total. The summed E-state index contributed by atoms with van der Waals surface area (Å²) in [5.74, 6) is 0.529. The second-order valence-corrected chi connectivity index (χ2v) is 8.80. The summed E-state index contributed by atoms with van der Waals surface area (Å²) in [6.45, 7) is 2.68. The first-order valence-electron chi connectivity index (χ1n) is 11.4. The lowest BCUT2D eigenvalue weighted by Crippen LogP contribution is -2.13. The Bertz CT molecular complexity index is 1380.